The molecule has 25 heavy (non-hydrogen) atoms. The van der Waals surface area contributed by atoms with Crippen molar-refractivity contribution in [2.75, 3.05) is 5.32 Å². The number of aryl methyl sites for hydroxylation is 1. The second-order valence-corrected chi connectivity index (χ2v) is 6.78. The minimum atomic E-state index is -0.822. The number of aliphatic carboxylic acids is 1. The molecule has 0 spiro atoms. The van der Waals surface area contributed by atoms with Gasteiger partial charge in [0, 0.05) is 18.0 Å². The van der Waals surface area contributed by atoms with Crippen LogP contribution in [0.1, 0.15) is 73.4 Å². The normalized spacial score (nSPS) is 11.1. The Morgan fingerprint density at radius 1 is 1.08 bits per heavy atom. The summed E-state index contributed by atoms with van der Waals surface area (Å²) in [5.41, 5.74) is 2.63. The molecule has 2 aromatic rings. The molecule has 0 unspecified atom stereocenters. The maximum Gasteiger partial charge on any atom is 0.303 e. The second kappa shape index (κ2) is 8.01. The fraction of sp³-hybridized carbons (Fsp3) is 0.400. The maximum absolute atomic E-state index is 12.4. The lowest BCUT2D eigenvalue weighted by Gasteiger charge is -2.07. The number of furan rings is 1. The summed E-state index contributed by atoms with van der Waals surface area (Å²) in [7, 11) is 0. The second-order valence-electron chi connectivity index (χ2n) is 6.78. The molecule has 0 saturated carbocycles. The number of rotatable bonds is 7. The van der Waals surface area contributed by atoms with Gasteiger partial charge in [0.25, 0.3) is 5.91 Å². The third kappa shape index (κ3) is 4.95. The standard InChI is InChI=1S/C20H25NO4/c1-12(2)16-11-17(25-19(16)13(3)4)20(24)21-15-8-5-14(6-9-15)7-10-18(22)23/h5-6,8-9,11-13H,7,10H2,1-4H3,(H,21,24)(H,22,23). The highest BCUT2D eigenvalue weighted by atomic mass is 16.4. The Kier molecular flexibility index (Phi) is 6.02. The molecule has 2 N–H and O–H groups in total. The van der Waals surface area contributed by atoms with Gasteiger partial charge in [-0.15, -0.1) is 0 Å². The van der Waals surface area contributed by atoms with Gasteiger partial charge in [-0.2, -0.15) is 0 Å². The third-order valence-corrected chi connectivity index (χ3v) is 4.00. The Labute approximate surface area is 148 Å². The van der Waals surface area contributed by atoms with E-state index in [0.717, 1.165) is 16.9 Å². The summed E-state index contributed by atoms with van der Waals surface area (Å²) >= 11 is 0. The van der Waals surface area contributed by atoms with Gasteiger partial charge >= 0.3 is 5.97 Å². The summed E-state index contributed by atoms with van der Waals surface area (Å²) in [4.78, 5) is 23.0. The van der Waals surface area contributed by atoms with Crippen molar-refractivity contribution in [2.24, 2.45) is 0 Å². The molecule has 0 fully saturated rings. The van der Waals surface area contributed by atoms with E-state index in [1.165, 1.54) is 0 Å². The Morgan fingerprint density at radius 2 is 1.72 bits per heavy atom. The number of carboxylic acids is 1. The summed E-state index contributed by atoms with van der Waals surface area (Å²) < 4.78 is 5.78. The van der Waals surface area contributed by atoms with Gasteiger partial charge < -0.3 is 14.8 Å². The Morgan fingerprint density at radius 3 is 2.20 bits per heavy atom. The number of carbonyl (C=O) groups is 2. The first-order valence-electron chi connectivity index (χ1n) is 8.53. The van der Waals surface area contributed by atoms with Crippen LogP contribution in [0.15, 0.2) is 34.7 Å². The lowest BCUT2D eigenvalue weighted by molar-refractivity contribution is -0.136. The first-order valence-corrected chi connectivity index (χ1v) is 8.53. The molecular weight excluding hydrogens is 318 g/mol. The summed E-state index contributed by atoms with van der Waals surface area (Å²) in [5, 5.41) is 11.5. The number of carboxylic acid groups (broad SMARTS) is 1. The van der Waals surface area contributed by atoms with Gasteiger partial charge in [0.15, 0.2) is 5.76 Å². The third-order valence-electron chi connectivity index (χ3n) is 4.00. The van der Waals surface area contributed by atoms with Crippen LogP contribution in [0.3, 0.4) is 0 Å². The maximum atomic E-state index is 12.4. The van der Waals surface area contributed by atoms with Crippen LogP contribution in [0.2, 0.25) is 0 Å². The number of nitrogens with one attached hydrogen (secondary N) is 1. The molecule has 1 amide bonds. The van der Waals surface area contributed by atoms with Crippen molar-refractivity contribution in [3.05, 3.63) is 53.0 Å². The van der Waals surface area contributed by atoms with Gasteiger partial charge in [-0.05, 0) is 41.7 Å². The molecule has 1 heterocycles. The monoisotopic (exact) mass is 343 g/mol. The molecule has 1 aromatic heterocycles. The van der Waals surface area contributed by atoms with E-state index in [1.54, 1.807) is 12.1 Å². The van der Waals surface area contributed by atoms with Gasteiger partial charge in [-0.3, -0.25) is 9.59 Å². The molecule has 0 atom stereocenters. The number of carbonyl (C=O) groups excluding carboxylic acids is 1. The summed E-state index contributed by atoms with van der Waals surface area (Å²) in [6.07, 6.45) is 0.561. The van der Waals surface area contributed by atoms with E-state index >= 15 is 0 Å². The van der Waals surface area contributed by atoms with Gasteiger partial charge in [-0.25, -0.2) is 0 Å². The van der Waals surface area contributed by atoms with Crippen molar-refractivity contribution in [3.63, 3.8) is 0 Å². The van der Waals surface area contributed by atoms with Crippen molar-refractivity contribution in [1.29, 1.82) is 0 Å². The molecule has 0 aliphatic carbocycles. The van der Waals surface area contributed by atoms with Crippen LogP contribution in [0.25, 0.3) is 0 Å². The number of anilines is 1. The highest BCUT2D eigenvalue weighted by Gasteiger charge is 2.20. The number of hydrogen-bond acceptors (Lipinski definition) is 3. The van der Waals surface area contributed by atoms with Crippen LogP contribution in [-0.2, 0) is 11.2 Å². The van der Waals surface area contributed by atoms with Crippen molar-refractivity contribution in [1.82, 2.24) is 0 Å². The lowest BCUT2D eigenvalue weighted by Crippen LogP contribution is -2.11. The molecule has 5 nitrogen and oxygen atoms in total. The van der Waals surface area contributed by atoms with Gasteiger partial charge in [0.1, 0.15) is 5.76 Å². The van der Waals surface area contributed by atoms with Crippen molar-refractivity contribution >= 4 is 17.6 Å². The van der Waals surface area contributed by atoms with Crippen LogP contribution in [0.4, 0.5) is 5.69 Å². The van der Waals surface area contributed by atoms with Crippen LogP contribution < -0.4 is 5.32 Å². The van der Waals surface area contributed by atoms with Crippen molar-refractivity contribution < 1.29 is 19.1 Å². The highest BCUT2D eigenvalue weighted by molar-refractivity contribution is 6.02. The number of amides is 1. The Balaban J connectivity index is 2.09. The average Bonchev–Trinajstić information content (AvgIpc) is 3.00. The van der Waals surface area contributed by atoms with Crippen molar-refractivity contribution in [2.45, 2.75) is 52.4 Å². The highest BCUT2D eigenvalue weighted by Crippen LogP contribution is 2.29. The summed E-state index contributed by atoms with van der Waals surface area (Å²) in [6.45, 7) is 8.24. The topological polar surface area (TPSA) is 79.5 Å². The number of benzene rings is 1. The largest absolute Gasteiger partial charge is 0.481 e. The van der Waals surface area contributed by atoms with Gasteiger partial charge in [0.05, 0.1) is 0 Å². The van der Waals surface area contributed by atoms with E-state index in [4.69, 9.17) is 9.52 Å². The van der Waals surface area contributed by atoms with Crippen molar-refractivity contribution in [3.8, 4) is 0 Å². The predicted molar refractivity (Wildman–Crippen MR) is 97.2 cm³/mol. The predicted octanol–water partition coefficient (Wildman–Crippen LogP) is 4.80. The first kappa shape index (κ1) is 18.8. The molecular formula is C20H25NO4. The molecule has 0 radical (unpaired) electrons. The zero-order chi connectivity index (χ0) is 18.6. The van der Waals surface area contributed by atoms with Crippen LogP contribution in [-0.4, -0.2) is 17.0 Å². The van der Waals surface area contributed by atoms with Crippen LogP contribution in [0.5, 0.6) is 0 Å². The SMILES string of the molecule is CC(C)c1cc(C(=O)Nc2ccc(CCC(=O)O)cc2)oc1C(C)C. The average molecular weight is 343 g/mol. The molecule has 0 saturated heterocycles. The minimum Gasteiger partial charge on any atom is -0.481 e. The fourth-order valence-corrected chi connectivity index (χ4v) is 2.63. The first-order chi connectivity index (χ1) is 11.8. The van der Waals surface area contributed by atoms with E-state index < -0.39 is 5.97 Å². The summed E-state index contributed by atoms with van der Waals surface area (Å²) in [5.74, 6) is 0.555. The van der Waals surface area contributed by atoms with E-state index in [1.807, 2.05) is 32.0 Å². The van der Waals surface area contributed by atoms with E-state index in [9.17, 15) is 9.59 Å². The Bertz CT molecular complexity index is 716. The van der Waals surface area contributed by atoms with Gasteiger partial charge in [-0.1, -0.05) is 39.8 Å². The van der Waals surface area contributed by atoms with E-state index in [2.05, 4.69) is 19.2 Å². The van der Waals surface area contributed by atoms with Crippen LogP contribution >= 0.6 is 0 Å². The van der Waals surface area contributed by atoms with Crippen LogP contribution in [0, 0.1) is 0 Å². The molecule has 5 heteroatoms. The fourth-order valence-electron chi connectivity index (χ4n) is 2.63. The molecule has 1 aromatic carbocycles. The Hall–Kier alpha value is -2.56. The van der Waals surface area contributed by atoms with Gasteiger partial charge in [0.2, 0.25) is 0 Å². The quantitative estimate of drug-likeness (QED) is 0.757. The zero-order valence-electron chi connectivity index (χ0n) is 15.1. The zero-order valence-corrected chi connectivity index (χ0v) is 15.1. The molecule has 134 valence electrons. The summed E-state index contributed by atoms with van der Waals surface area (Å²) in [6, 6.07) is 8.99. The molecule has 2 rings (SSSR count). The molecule has 0 bridgehead atoms. The van der Waals surface area contributed by atoms with E-state index in [-0.39, 0.29) is 24.2 Å². The lowest BCUT2D eigenvalue weighted by atomic mass is 9.98. The molecule has 0 aliphatic heterocycles. The number of hydrogen-bond donors (Lipinski definition) is 2. The minimum absolute atomic E-state index is 0.0913. The van der Waals surface area contributed by atoms with E-state index in [0.29, 0.717) is 17.9 Å². The molecule has 0 aliphatic rings. The smallest absolute Gasteiger partial charge is 0.303 e.